The van der Waals surface area contributed by atoms with Crippen LogP contribution in [0.3, 0.4) is 0 Å². The zero-order chi connectivity index (χ0) is 23.2. The van der Waals surface area contributed by atoms with Gasteiger partial charge in [-0.1, -0.05) is 48.9 Å². The molecule has 0 unspecified atom stereocenters. The van der Waals surface area contributed by atoms with Crippen LogP contribution in [-0.4, -0.2) is 60.3 Å². The van der Waals surface area contributed by atoms with Crippen molar-refractivity contribution in [2.75, 3.05) is 49.5 Å². The fourth-order valence-corrected chi connectivity index (χ4v) is 5.03. The Kier molecular flexibility index (Phi) is 7.10. The SMILES string of the molecule is O=C(/C=C/CN1CCCCC1)NCCNc1n[nH]c2c1CCN(c1cccc3ccccc13)C2. The molecule has 0 bridgehead atoms. The fraction of sp³-hybridized carbons (Fsp3) is 0.407. The third-order valence-electron chi connectivity index (χ3n) is 6.84. The molecule has 5 rings (SSSR count). The average Bonchev–Trinajstić information content (AvgIpc) is 3.29. The van der Waals surface area contributed by atoms with Crippen molar-refractivity contribution in [2.24, 2.45) is 0 Å². The van der Waals surface area contributed by atoms with Gasteiger partial charge in [0.15, 0.2) is 5.82 Å². The molecule has 3 heterocycles. The molecule has 1 saturated heterocycles. The fourth-order valence-electron chi connectivity index (χ4n) is 5.03. The molecule has 34 heavy (non-hydrogen) atoms. The lowest BCUT2D eigenvalue weighted by molar-refractivity contribution is -0.116. The van der Waals surface area contributed by atoms with Crippen LogP contribution in [0.2, 0.25) is 0 Å². The summed E-state index contributed by atoms with van der Waals surface area (Å²) in [6.45, 7) is 6.13. The minimum atomic E-state index is -0.0337. The Balaban J connectivity index is 1.10. The Morgan fingerprint density at radius 3 is 2.79 bits per heavy atom. The molecule has 1 fully saturated rings. The Bertz CT molecular complexity index is 1140. The highest BCUT2D eigenvalue weighted by Crippen LogP contribution is 2.32. The summed E-state index contributed by atoms with van der Waals surface area (Å²) in [7, 11) is 0. The third-order valence-corrected chi connectivity index (χ3v) is 6.84. The minimum Gasteiger partial charge on any atom is -0.367 e. The van der Waals surface area contributed by atoms with E-state index in [4.69, 9.17) is 0 Å². The van der Waals surface area contributed by atoms with E-state index in [9.17, 15) is 4.79 Å². The highest BCUT2D eigenvalue weighted by molar-refractivity contribution is 5.94. The largest absolute Gasteiger partial charge is 0.367 e. The number of rotatable bonds is 8. The third kappa shape index (κ3) is 5.25. The number of H-pyrrole nitrogens is 1. The number of carbonyl (C=O) groups excluding carboxylic acids is 1. The topological polar surface area (TPSA) is 76.3 Å². The molecule has 3 N–H and O–H groups in total. The maximum atomic E-state index is 12.1. The second-order valence-electron chi connectivity index (χ2n) is 9.18. The lowest BCUT2D eigenvalue weighted by Crippen LogP contribution is -2.31. The van der Waals surface area contributed by atoms with Gasteiger partial charge in [-0.25, -0.2) is 0 Å². The molecule has 0 aliphatic carbocycles. The summed E-state index contributed by atoms with van der Waals surface area (Å²) < 4.78 is 0. The van der Waals surface area contributed by atoms with Crippen LogP contribution in [0.1, 0.15) is 30.5 Å². The van der Waals surface area contributed by atoms with Crippen LogP contribution in [0, 0.1) is 0 Å². The van der Waals surface area contributed by atoms with Gasteiger partial charge in [-0.15, -0.1) is 0 Å². The maximum Gasteiger partial charge on any atom is 0.243 e. The number of hydrogen-bond acceptors (Lipinski definition) is 5. The first-order chi connectivity index (χ1) is 16.8. The molecule has 1 amide bonds. The number of hydrogen-bond donors (Lipinski definition) is 3. The zero-order valence-electron chi connectivity index (χ0n) is 19.7. The second-order valence-corrected chi connectivity index (χ2v) is 9.18. The molecular weight excluding hydrogens is 424 g/mol. The van der Waals surface area contributed by atoms with Crippen LogP contribution < -0.4 is 15.5 Å². The van der Waals surface area contributed by atoms with Crippen LogP contribution in [-0.2, 0) is 17.8 Å². The number of benzene rings is 2. The zero-order valence-corrected chi connectivity index (χ0v) is 19.7. The normalized spacial score (nSPS) is 16.6. The molecule has 2 aliphatic rings. The monoisotopic (exact) mass is 458 g/mol. The number of amides is 1. The van der Waals surface area contributed by atoms with Gasteiger partial charge in [0.25, 0.3) is 0 Å². The molecule has 7 heteroatoms. The summed E-state index contributed by atoms with van der Waals surface area (Å²) >= 11 is 0. The Hall–Kier alpha value is -3.32. The number of nitrogens with zero attached hydrogens (tertiary/aromatic N) is 3. The van der Waals surface area contributed by atoms with Crippen LogP contribution in [0.4, 0.5) is 11.5 Å². The highest BCUT2D eigenvalue weighted by Gasteiger charge is 2.23. The van der Waals surface area contributed by atoms with Crippen molar-refractivity contribution < 1.29 is 4.79 Å². The van der Waals surface area contributed by atoms with Crippen molar-refractivity contribution in [2.45, 2.75) is 32.2 Å². The molecule has 0 radical (unpaired) electrons. The standard InChI is InChI=1S/C27H34N6O/c34-26(12-7-18-32-16-4-1-5-17-32)28-14-15-29-27-23-13-19-33(20-24(23)30-31-27)25-11-6-9-21-8-2-3-10-22(21)25/h2-3,6-12H,1,4-5,13-20H2,(H,28,34)(H2,29,30,31)/b12-7+. The predicted octanol–water partition coefficient (Wildman–Crippen LogP) is 3.70. The van der Waals surface area contributed by atoms with Crippen molar-refractivity contribution in [1.82, 2.24) is 20.4 Å². The minimum absolute atomic E-state index is 0.0337. The molecule has 178 valence electrons. The number of carbonyl (C=O) groups is 1. The van der Waals surface area contributed by atoms with Gasteiger partial charge in [0.2, 0.25) is 5.91 Å². The number of aromatic amines is 1. The van der Waals surface area contributed by atoms with Crippen LogP contribution >= 0.6 is 0 Å². The molecule has 1 aromatic heterocycles. The molecule has 0 saturated carbocycles. The molecule has 0 spiro atoms. The van der Waals surface area contributed by atoms with E-state index >= 15 is 0 Å². The van der Waals surface area contributed by atoms with Crippen molar-refractivity contribution in [3.05, 3.63) is 65.9 Å². The summed E-state index contributed by atoms with van der Waals surface area (Å²) in [6, 6.07) is 15.0. The lowest BCUT2D eigenvalue weighted by atomic mass is 10.0. The first-order valence-corrected chi connectivity index (χ1v) is 12.5. The maximum absolute atomic E-state index is 12.1. The van der Waals surface area contributed by atoms with Crippen LogP contribution in [0.5, 0.6) is 0 Å². The van der Waals surface area contributed by atoms with E-state index < -0.39 is 0 Å². The van der Waals surface area contributed by atoms with Crippen molar-refractivity contribution in [1.29, 1.82) is 0 Å². The second kappa shape index (κ2) is 10.7. The Morgan fingerprint density at radius 2 is 1.88 bits per heavy atom. The van der Waals surface area contributed by atoms with Gasteiger partial charge in [0, 0.05) is 48.9 Å². The van der Waals surface area contributed by atoms with Crippen molar-refractivity contribution in [3.63, 3.8) is 0 Å². The number of piperidine rings is 1. The average molecular weight is 459 g/mol. The molecular formula is C27H34N6O. The van der Waals surface area contributed by atoms with E-state index in [2.05, 4.69) is 73.1 Å². The number of anilines is 2. The Morgan fingerprint density at radius 1 is 1.03 bits per heavy atom. The smallest absolute Gasteiger partial charge is 0.243 e. The van der Waals surface area contributed by atoms with Gasteiger partial charge in [0.1, 0.15) is 0 Å². The van der Waals surface area contributed by atoms with E-state index in [1.807, 2.05) is 6.08 Å². The molecule has 3 aromatic rings. The van der Waals surface area contributed by atoms with E-state index in [1.54, 1.807) is 6.08 Å². The first-order valence-electron chi connectivity index (χ1n) is 12.5. The summed E-state index contributed by atoms with van der Waals surface area (Å²) in [5, 5.41) is 16.6. The highest BCUT2D eigenvalue weighted by atomic mass is 16.1. The number of fused-ring (bicyclic) bond motifs is 2. The Labute approximate surface area is 201 Å². The molecule has 7 nitrogen and oxygen atoms in total. The van der Waals surface area contributed by atoms with Gasteiger partial charge in [-0.2, -0.15) is 5.10 Å². The van der Waals surface area contributed by atoms with E-state index in [-0.39, 0.29) is 5.91 Å². The van der Waals surface area contributed by atoms with Gasteiger partial charge < -0.3 is 15.5 Å². The van der Waals surface area contributed by atoms with Gasteiger partial charge >= 0.3 is 0 Å². The quantitative estimate of drug-likeness (QED) is 0.355. The summed E-state index contributed by atoms with van der Waals surface area (Å²) in [4.78, 5) is 16.9. The summed E-state index contributed by atoms with van der Waals surface area (Å²) in [5.41, 5.74) is 3.68. The van der Waals surface area contributed by atoms with Crippen LogP contribution in [0.15, 0.2) is 54.6 Å². The van der Waals surface area contributed by atoms with Gasteiger partial charge in [-0.3, -0.25) is 14.8 Å². The lowest BCUT2D eigenvalue weighted by Gasteiger charge is -2.30. The van der Waals surface area contributed by atoms with Gasteiger partial charge in [0.05, 0.1) is 12.2 Å². The van der Waals surface area contributed by atoms with E-state index in [1.165, 1.54) is 41.3 Å². The van der Waals surface area contributed by atoms with Crippen LogP contribution in [0.25, 0.3) is 10.8 Å². The number of nitrogens with one attached hydrogen (secondary N) is 3. The predicted molar refractivity (Wildman–Crippen MR) is 138 cm³/mol. The van der Waals surface area contributed by atoms with Crippen molar-refractivity contribution in [3.8, 4) is 0 Å². The number of aromatic nitrogens is 2. The molecule has 2 aromatic carbocycles. The molecule has 0 atom stereocenters. The summed E-state index contributed by atoms with van der Waals surface area (Å²) in [6.07, 6.45) is 8.43. The van der Waals surface area contributed by atoms with E-state index in [0.717, 1.165) is 50.7 Å². The first kappa shape index (κ1) is 22.5. The molecule has 2 aliphatic heterocycles. The van der Waals surface area contributed by atoms with Crippen molar-refractivity contribution >= 4 is 28.2 Å². The van der Waals surface area contributed by atoms with Gasteiger partial charge in [-0.05, 0) is 43.8 Å². The van der Waals surface area contributed by atoms with E-state index in [0.29, 0.717) is 13.1 Å². The number of likely N-dealkylation sites (tertiary alicyclic amines) is 1. The summed E-state index contributed by atoms with van der Waals surface area (Å²) in [5.74, 6) is 0.871.